The van der Waals surface area contributed by atoms with Gasteiger partial charge in [-0.05, 0) is 37.5 Å². The zero-order valence-corrected chi connectivity index (χ0v) is 8.80. The molecule has 0 amide bonds. The molecule has 0 radical (unpaired) electrons. The minimum Gasteiger partial charge on any atom is -0.381 e. The topological polar surface area (TPSA) is 9.23 Å². The lowest BCUT2D eigenvalue weighted by Crippen LogP contribution is -2.29. The van der Waals surface area contributed by atoms with Crippen molar-refractivity contribution < 1.29 is 4.74 Å². The molecule has 0 saturated heterocycles. The SMILES string of the molecule is COC(CCC1CCC1)C1CCC1. The van der Waals surface area contributed by atoms with Gasteiger partial charge in [0, 0.05) is 7.11 Å². The third-order valence-electron chi connectivity index (χ3n) is 4.06. The Morgan fingerprint density at radius 3 is 2.23 bits per heavy atom. The number of hydrogen-bond acceptors (Lipinski definition) is 1. The van der Waals surface area contributed by atoms with Gasteiger partial charge < -0.3 is 4.74 Å². The average molecular weight is 182 g/mol. The highest BCUT2D eigenvalue weighted by Gasteiger charge is 2.28. The first-order valence-corrected chi connectivity index (χ1v) is 5.93. The lowest BCUT2D eigenvalue weighted by molar-refractivity contribution is 0.00714. The highest BCUT2D eigenvalue weighted by atomic mass is 16.5. The van der Waals surface area contributed by atoms with Gasteiger partial charge in [0.1, 0.15) is 0 Å². The van der Waals surface area contributed by atoms with E-state index in [4.69, 9.17) is 4.74 Å². The largest absolute Gasteiger partial charge is 0.381 e. The molecule has 1 unspecified atom stereocenters. The van der Waals surface area contributed by atoms with Crippen molar-refractivity contribution in [1.82, 2.24) is 0 Å². The van der Waals surface area contributed by atoms with Crippen molar-refractivity contribution in [2.45, 2.75) is 57.5 Å². The molecule has 1 heteroatoms. The maximum Gasteiger partial charge on any atom is 0.0599 e. The first kappa shape index (κ1) is 9.51. The Labute approximate surface area is 81.9 Å². The van der Waals surface area contributed by atoms with Crippen LogP contribution in [0.15, 0.2) is 0 Å². The van der Waals surface area contributed by atoms with E-state index < -0.39 is 0 Å². The van der Waals surface area contributed by atoms with Gasteiger partial charge in [-0.25, -0.2) is 0 Å². The maximum absolute atomic E-state index is 5.57. The summed E-state index contributed by atoms with van der Waals surface area (Å²) in [7, 11) is 1.89. The molecule has 1 nitrogen and oxygen atoms in total. The number of hydrogen-bond donors (Lipinski definition) is 0. The molecule has 2 aliphatic carbocycles. The van der Waals surface area contributed by atoms with Crippen molar-refractivity contribution in [1.29, 1.82) is 0 Å². The van der Waals surface area contributed by atoms with Crippen molar-refractivity contribution in [3.8, 4) is 0 Å². The van der Waals surface area contributed by atoms with Gasteiger partial charge in [-0.15, -0.1) is 0 Å². The van der Waals surface area contributed by atoms with Crippen LogP contribution < -0.4 is 0 Å². The zero-order chi connectivity index (χ0) is 9.10. The van der Waals surface area contributed by atoms with Crippen LogP contribution in [0.5, 0.6) is 0 Å². The van der Waals surface area contributed by atoms with E-state index in [1.165, 1.54) is 51.4 Å². The van der Waals surface area contributed by atoms with Gasteiger partial charge in [0.25, 0.3) is 0 Å². The summed E-state index contributed by atoms with van der Waals surface area (Å²) >= 11 is 0. The summed E-state index contributed by atoms with van der Waals surface area (Å²) < 4.78 is 5.57. The molecule has 76 valence electrons. The Balaban J connectivity index is 1.64. The highest BCUT2D eigenvalue weighted by Crippen LogP contribution is 2.36. The zero-order valence-electron chi connectivity index (χ0n) is 8.80. The summed E-state index contributed by atoms with van der Waals surface area (Å²) in [4.78, 5) is 0. The van der Waals surface area contributed by atoms with Crippen LogP contribution in [-0.4, -0.2) is 13.2 Å². The minimum atomic E-state index is 0.592. The second-order valence-electron chi connectivity index (χ2n) is 4.84. The van der Waals surface area contributed by atoms with E-state index in [1.807, 2.05) is 7.11 Å². The van der Waals surface area contributed by atoms with Crippen LogP contribution in [0.4, 0.5) is 0 Å². The van der Waals surface area contributed by atoms with Crippen LogP contribution in [0, 0.1) is 11.8 Å². The Morgan fingerprint density at radius 2 is 1.85 bits per heavy atom. The van der Waals surface area contributed by atoms with Crippen LogP contribution in [0.25, 0.3) is 0 Å². The molecule has 0 aliphatic heterocycles. The minimum absolute atomic E-state index is 0.592. The highest BCUT2D eigenvalue weighted by molar-refractivity contribution is 4.80. The van der Waals surface area contributed by atoms with E-state index >= 15 is 0 Å². The first-order chi connectivity index (χ1) is 6.40. The van der Waals surface area contributed by atoms with Crippen molar-refractivity contribution in [2.75, 3.05) is 7.11 Å². The fourth-order valence-corrected chi connectivity index (χ4v) is 2.54. The smallest absolute Gasteiger partial charge is 0.0599 e. The third-order valence-corrected chi connectivity index (χ3v) is 4.06. The maximum atomic E-state index is 5.57. The van der Waals surface area contributed by atoms with Crippen LogP contribution >= 0.6 is 0 Å². The summed E-state index contributed by atoms with van der Waals surface area (Å²) in [6, 6.07) is 0. The molecule has 0 aromatic rings. The van der Waals surface area contributed by atoms with E-state index in [2.05, 4.69) is 0 Å². The summed E-state index contributed by atoms with van der Waals surface area (Å²) in [6.45, 7) is 0. The van der Waals surface area contributed by atoms with Gasteiger partial charge >= 0.3 is 0 Å². The predicted octanol–water partition coefficient (Wildman–Crippen LogP) is 3.38. The van der Waals surface area contributed by atoms with Gasteiger partial charge in [-0.2, -0.15) is 0 Å². The summed E-state index contributed by atoms with van der Waals surface area (Å²) in [5, 5.41) is 0. The van der Waals surface area contributed by atoms with E-state index in [1.54, 1.807) is 0 Å². The molecule has 0 spiro atoms. The molecule has 0 aromatic carbocycles. The van der Waals surface area contributed by atoms with Crippen LogP contribution in [0.1, 0.15) is 51.4 Å². The van der Waals surface area contributed by atoms with Crippen LogP contribution in [-0.2, 0) is 4.74 Å². The quantitative estimate of drug-likeness (QED) is 0.633. The standard InChI is InChI=1S/C12H22O/c1-13-12(11-6-3-7-11)9-8-10-4-2-5-10/h10-12H,2-9H2,1H3. The van der Waals surface area contributed by atoms with E-state index in [0.717, 1.165) is 11.8 Å². The summed E-state index contributed by atoms with van der Waals surface area (Å²) in [5.41, 5.74) is 0. The van der Waals surface area contributed by atoms with E-state index in [-0.39, 0.29) is 0 Å². The molecule has 2 fully saturated rings. The first-order valence-electron chi connectivity index (χ1n) is 5.93. The number of ether oxygens (including phenoxy) is 1. The summed E-state index contributed by atoms with van der Waals surface area (Å²) in [6.07, 6.45) is 12.1. The van der Waals surface area contributed by atoms with Gasteiger partial charge in [0.15, 0.2) is 0 Å². The van der Waals surface area contributed by atoms with E-state index in [0.29, 0.717) is 6.10 Å². The number of rotatable bonds is 5. The Bertz CT molecular complexity index is 147. The van der Waals surface area contributed by atoms with Crippen molar-refractivity contribution in [2.24, 2.45) is 11.8 Å². The molecule has 2 aliphatic rings. The third kappa shape index (κ3) is 2.25. The van der Waals surface area contributed by atoms with Crippen LogP contribution in [0.2, 0.25) is 0 Å². The van der Waals surface area contributed by atoms with Gasteiger partial charge in [0.2, 0.25) is 0 Å². The second kappa shape index (κ2) is 4.45. The molecule has 1 atom stereocenters. The fourth-order valence-electron chi connectivity index (χ4n) is 2.54. The lowest BCUT2D eigenvalue weighted by Gasteiger charge is -2.34. The van der Waals surface area contributed by atoms with E-state index in [9.17, 15) is 0 Å². The Kier molecular flexibility index (Phi) is 3.26. The molecule has 2 rings (SSSR count). The van der Waals surface area contributed by atoms with Gasteiger partial charge in [-0.3, -0.25) is 0 Å². The average Bonchev–Trinajstić information content (AvgIpc) is 1.96. The Hall–Kier alpha value is -0.0400. The summed E-state index contributed by atoms with van der Waals surface area (Å²) in [5.74, 6) is 1.96. The Morgan fingerprint density at radius 1 is 1.15 bits per heavy atom. The molecule has 0 aromatic heterocycles. The second-order valence-corrected chi connectivity index (χ2v) is 4.84. The van der Waals surface area contributed by atoms with Crippen molar-refractivity contribution >= 4 is 0 Å². The fraction of sp³-hybridized carbons (Fsp3) is 1.00. The predicted molar refractivity (Wildman–Crippen MR) is 54.7 cm³/mol. The molecule has 2 saturated carbocycles. The van der Waals surface area contributed by atoms with Gasteiger partial charge in [0.05, 0.1) is 6.10 Å². The lowest BCUT2D eigenvalue weighted by atomic mass is 9.76. The molecular formula is C12H22O. The van der Waals surface area contributed by atoms with Crippen LogP contribution in [0.3, 0.4) is 0 Å². The van der Waals surface area contributed by atoms with Crippen molar-refractivity contribution in [3.05, 3.63) is 0 Å². The molecule has 0 bridgehead atoms. The molecular weight excluding hydrogens is 160 g/mol. The molecule has 0 N–H and O–H groups in total. The molecule has 0 heterocycles. The monoisotopic (exact) mass is 182 g/mol. The normalized spacial score (nSPS) is 26.5. The van der Waals surface area contributed by atoms with Crippen molar-refractivity contribution in [3.63, 3.8) is 0 Å². The molecule has 13 heavy (non-hydrogen) atoms. The van der Waals surface area contributed by atoms with Gasteiger partial charge in [-0.1, -0.05) is 25.7 Å². The number of methoxy groups -OCH3 is 1.